The summed E-state index contributed by atoms with van der Waals surface area (Å²) in [5, 5.41) is 0. The Labute approximate surface area is 245 Å². The normalized spacial score (nSPS) is 12.1. The minimum Gasteiger partial charge on any atom is -0.378 e. The second-order valence-electron chi connectivity index (χ2n) is 11.6. The SMILES string of the molecule is CCCCCCCCCOC(C)Cc1ccc(-c2ccc(-c3ncc(CCCCCCCCC)cn3)cc2)cc1. The Morgan fingerprint density at radius 1 is 0.550 bits per heavy atom. The molecule has 0 saturated heterocycles. The van der Waals surface area contributed by atoms with Gasteiger partial charge in [-0.2, -0.15) is 0 Å². The fraction of sp³-hybridized carbons (Fsp3) is 0.568. The molecule has 218 valence electrons. The van der Waals surface area contributed by atoms with Gasteiger partial charge in [-0.3, -0.25) is 0 Å². The van der Waals surface area contributed by atoms with Crippen LogP contribution in [0.1, 0.15) is 122 Å². The van der Waals surface area contributed by atoms with Gasteiger partial charge in [-0.15, -0.1) is 0 Å². The van der Waals surface area contributed by atoms with Crippen LogP contribution >= 0.6 is 0 Å². The van der Waals surface area contributed by atoms with E-state index >= 15 is 0 Å². The highest BCUT2D eigenvalue weighted by Crippen LogP contribution is 2.24. The molecule has 3 nitrogen and oxygen atoms in total. The van der Waals surface area contributed by atoms with Gasteiger partial charge >= 0.3 is 0 Å². The van der Waals surface area contributed by atoms with E-state index in [-0.39, 0.29) is 6.10 Å². The van der Waals surface area contributed by atoms with E-state index in [9.17, 15) is 0 Å². The van der Waals surface area contributed by atoms with E-state index in [0.717, 1.165) is 30.8 Å². The van der Waals surface area contributed by atoms with Gasteiger partial charge in [-0.1, -0.05) is 139 Å². The first kappa shape index (κ1) is 32.0. The predicted molar refractivity (Wildman–Crippen MR) is 172 cm³/mol. The summed E-state index contributed by atoms with van der Waals surface area (Å²) >= 11 is 0. The van der Waals surface area contributed by atoms with Gasteiger partial charge in [0.2, 0.25) is 0 Å². The third-order valence-corrected chi connectivity index (χ3v) is 7.88. The Bertz CT molecular complexity index is 1030. The van der Waals surface area contributed by atoms with Crippen molar-refractivity contribution in [1.82, 2.24) is 9.97 Å². The molecule has 40 heavy (non-hydrogen) atoms. The lowest BCUT2D eigenvalue weighted by Crippen LogP contribution is -2.12. The molecule has 1 atom stereocenters. The van der Waals surface area contributed by atoms with Gasteiger partial charge in [0.25, 0.3) is 0 Å². The van der Waals surface area contributed by atoms with Crippen LogP contribution in [0, 0.1) is 0 Å². The van der Waals surface area contributed by atoms with Gasteiger partial charge < -0.3 is 4.74 Å². The molecule has 0 aliphatic heterocycles. The first-order valence-corrected chi connectivity index (χ1v) is 16.3. The molecule has 0 saturated carbocycles. The molecule has 0 spiro atoms. The van der Waals surface area contributed by atoms with E-state index in [1.807, 2.05) is 12.4 Å². The van der Waals surface area contributed by atoms with Crippen LogP contribution in [0.25, 0.3) is 22.5 Å². The number of hydrogen-bond acceptors (Lipinski definition) is 3. The summed E-state index contributed by atoms with van der Waals surface area (Å²) in [5.41, 5.74) is 6.09. The Balaban J connectivity index is 1.38. The molecular formula is C37H54N2O. The number of aryl methyl sites for hydroxylation is 1. The Kier molecular flexibility index (Phi) is 15.6. The zero-order chi connectivity index (χ0) is 28.3. The maximum Gasteiger partial charge on any atom is 0.159 e. The van der Waals surface area contributed by atoms with E-state index < -0.39 is 0 Å². The van der Waals surface area contributed by atoms with E-state index in [1.54, 1.807) is 0 Å². The summed E-state index contributed by atoms with van der Waals surface area (Å²) in [6, 6.07) is 17.5. The molecule has 0 N–H and O–H groups in total. The number of nitrogens with zero attached hydrogens (tertiary/aromatic N) is 2. The second kappa shape index (κ2) is 19.5. The largest absolute Gasteiger partial charge is 0.378 e. The van der Waals surface area contributed by atoms with Crippen molar-refractivity contribution in [3.05, 3.63) is 72.1 Å². The van der Waals surface area contributed by atoms with Crippen LogP contribution in [-0.2, 0) is 17.6 Å². The van der Waals surface area contributed by atoms with Crippen LogP contribution in [0.2, 0.25) is 0 Å². The number of unbranched alkanes of at least 4 members (excludes halogenated alkanes) is 12. The molecule has 1 heterocycles. The van der Waals surface area contributed by atoms with Crippen molar-refractivity contribution >= 4 is 0 Å². The fourth-order valence-corrected chi connectivity index (χ4v) is 5.30. The average molecular weight is 543 g/mol. The summed E-state index contributed by atoms with van der Waals surface area (Å²) < 4.78 is 6.08. The highest BCUT2D eigenvalue weighted by atomic mass is 16.5. The molecule has 0 bridgehead atoms. The molecule has 0 amide bonds. The van der Waals surface area contributed by atoms with Gasteiger partial charge in [0.05, 0.1) is 6.10 Å². The first-order chi connectivity index (χ1) is 19.7. The first-order valence-electron chi connectivity index (χ1n) is 16.3. The van der Waals surface area contributed by atoms with Crippen LogP contribution < -0.4 is 0 Å². The Morgan fingerprint density at radius 3 is 1.60 bits per heavy atom. The monoisotopic (exact) mass is 542 g/mol. The summed E-state index contributed by atoms with van der Waals surface area (Å²) in [7, 11) is 0. The van der Waals surface area contributed by atoms with Gasteiger partial charge in [-0.25, -0.2) is 9.97 Å². The van der Waals surface area contributed by atoms with Crippen molar-refractivity contribution in [2.75, 3.05) is 6.61 Å². The van der Waals surface area contributed by atoms with Gasteiger partial charge in [0.1, 0.15) is 0 Å². The average Bonchev–Trinajstić information content (AvgIpc) is 2.99. The summed E-state index contributed by atoms with van der Waals surface area (Å²) in [6.45, 7) is 7.61. The van der Waals surface area contributed by atoms with Crippen LogP contribution in [-0.4, -0.2) is 22.7 Å². The highest BCUT2D eigenvalue weighted by molar-refractivity contribution is 5.67. The molecule has 1 unspecified atom stereocenters. The number of ether oxygens (including phenoxy) is 1. The Hall–Kier alpha value is -2.52. The van der Waals surface area contributed by atoms with Crippen molar-refractivity contribution in [2.24, 2.45) is 0 Å². The third-order valence-electron chi connectivity index (χ3n) is 7.88. The number of rotatable bonds is 21. The van der Waals surface area contributed by atoms with Crippen molar-refractivity contribution in [3.63, 3.8) is 0 Å². The number of hydrogen-bond donors (Lipinski definition) is 0. The van der Waals surface area contributed by atoms with Crippen molar-refractivity contribution in [1.29, 1.82) is 0 Å². The van der Waals surface area contributed by atoms with Gasteiger partial charge in [-0.05, 0) is 54.9 Å². The van der Waals surface area contributed by atoms with E-state index in [4.69, 9.17) is 4.74 Å². The van der Waals surface area contributed by atoms with Crippen LogP contribution in [0.5, 0.6) is 0 Å². The number of benzene rings is 2. The van der Waals surface area contributed by atoms with Crippen molar-refractivity contribution in [3.8, 4) is 22.5 Å². The fourth-order valence-electron chi connectivity index (χ4n) is 5.30. The van der Waals surface area contributed by atoms with Crippen LogP contribution in [0.3, 0.4) is 0 Å². The van der Waals surface area contributed by atoms with E-state index in [2.05, 4.69) is 79.3 Å². The van der Waals surface area contributed by atoms with Gasteiger partial charge in [0.15, 0.2) is 5.82 Å². The maximum atomic E-state index is 6.08. The van der Waals surface area contributed by atoms with Crippen molar-refractivity contribution in [2.45, 2.75) is 130 Å². The molecule has 3 rings (SSSR count). The molecule has 0 aliphatic rings. The minimum atomic E-state index is 0.257. The molecule has 3 aromatic rings. The predicted octanol–water partition coefficient (Wildman–Crippen LogP) is 10.8. The quantitative estimate of drug-likeness (QED) is 0.126. The van der Waals surface area contributed by atoms with Crippen LogP contribution in [0.4, 0.5) is 0 Å². The molecule has 1 aromatic heterocycles. The number of aromatic nitrogens is 2. The lowest BCUT2D eigenvalue weighted by molar-refractivity contribution is 0.0635. The zero-order valence-electron chi connectivity index (χ0n) is 25.7. The highest BCUT2D eigenvalue weighted by Gasteiger charge is 2.07. The maximum absolute atomic E-state index is 6.08. The van der Waals surface area contributed by atoms with E-state index in [1.165, 1.54) is 112 Å². The molecule has 3 heteroatoms. The molecular weight excluding hydrogens is 488 g/mol. The lowest BCUT2D eigenvalue weighted by atomic mass is 10.0. The summed E-state index contributed by atoms with van der Waals surface area (Å²) in [4.78, 5) is 9.31. The molecule has 2 aromatic carbocycles. The molecule has 0 radical (unpaired) electrons. The topological polar surface area (TPSA) is 35.0 Å². The third kappa shape index (κ3) is 12.3. The van der Waals surface area contributed by atoms with E-state index in [0.29, 0.717) is 0 Å². The zero-order valence-corrected chi connectivity index (χ0v) is 25.7. The minimum absolute atomic E-state index is 0.257. The molecule has 0 fully saturated rings. The second-order valence-corrected chi connectivity index (χ2v) is 11.6. The van der Waals surface area contributed by atoms with Crippen LogP contribution in [0.15, 0.2) is 60.9 Å². The molecule has 0 aliphatic carbocycles. The smallest absolute Gasteiger partial charge is 0.159 e. The summed E-state index contributed by atoms with van der Waals surface area (Å²) in [6.07, 6.45) is 24.9. The lowest BCUT2D eigenvalue weighted by Gasteiger charge is -2.13. The Morgan fingerprint density at radius 2 is 1.02 bits per heavy atom. The summed E-state index contributed by atoms with van der Waals surface area (Å²) in [5.74, 6) is 0.802. The van der Waals surface area contributed by atoms with Crippen molar-refractivity contribution < 1.29 is 4.74 Å². The van der Waals surface area contributed by atoms with Gasteiger partial charge in [0, 0.05) is 24.6 Å². The standard InChI is InChI=1S/C37H54N2O/c1-4-6-8-10-12-14-16-18-33-29-38-37(39-30-33)36-25-23-35(24-26-36)34-21-19-32(20-22-34)28-31(3)40-27-17-15-13-11-9-7-5-2/h19-26,29-31H,4-18,27-28H2,1-3H3.